The Hall–Kier alpha value is -2.79. The molecule has 2 aromatic carbocycles. The monoisotopic (exact) mass is 350 g/mol. The van der Waals surface area contributed by atoms with Crippen LogP contribution in [0.15, 0.2) is 48.5 Å². The number of benzene rings is 2. The normalized spacial score (nSPS) is 16.7. The maximum Gasteiger partial charge on any atom is 0.267 e. The molecular weight excluding hydrogens is 328 g/mol. The summed E-state index contributed by atoms with van der Waals surface area (Å²) in [5.41, 5.74) is 3.61. The van der Waals surface area contributed by atoms with E-state index in [1.807, 2.05) is 55.5 Å². The van der Waals surface area contributed by atoms with Crippen molar-refractivity contribution in [3.8, 4) is 5.75 Å². The molecule has 2 N–H and O–H groups in total. The third kappa shape index (κ3) is 3.58. The molecule has 5 nitrogen and oxygen atoms in total. The highest BCUT2D eigenvalue weighted by Crippen LogP contribution is 2.24. The lowest BCUT2D eigenvalue weighted by molar-refractivity contribution is 0.0946. The van der Waals surface area contributed by atoms with Crippen molar-refractivity contribution in [3.05, 3.63) is 65.4 Å². The number of ether oxygens (including phenoxy) is 2. The van der Waals surface area contributed by atoms with Crippen molar-refractivity contribution >= 4 is 16.8 Å². The molecule has 1 unspecified atom stereocenters. The molecule has 4 rings (SSSR count). The van der Waals surface area contributed by atoms with Crippen LogP contribution in [0.3, 0.4) is 0 Å². The van der Waals surface area contributed by atoms with Crippen LogP contribution < -0.4 is 10.1 Å². The summed E-state index contributed by atoms with van der Waals surface area (Å²) >= 11 is 0. The Morgan fingerprint density at radius 2 is 2.15 bits per heavy atom. The van der Waals surface area contributed by atoms with Crippen molar-refractivity contribution < 1.29 is 14.3 Å². The number of aromatic amines is 1. The summed E-state index contributed by atoms with van der Waals surface area (Å²) in [6.07, 6.45) is 0.981. The number of aryl methyl sites for hydroxylation is 1. The van der Waals surface area contributed by atoms with Gasteiger partial charge in [-0.2, -0.15) is 0 Å². The van der Waals surface area contributed by atoms with Crippen LogP contribution >= 0.6 is 0 Å². The van der Waals surface area contributed by atoms with E-state index in [2.05, 4.69) is 10.3 Å². The lowest BCUT2D eigenvalue weighted by Gasteiger charge is -2.16. The number of fused-ring (bicyclic) bond motifs is 1. The Morgan fingerprint density at radius 3 is 2.96 bits per heavy atom. The quantitative estimate of drug-likeness (QED) is 0.739. The maximum absolute atomic E-state index is 12.5. The van der Waals surface area contributed by atoms with Crippen molar-refractivity contribution in [1.82, 2.24) is 10.3 Å². The van der Waals surface area contributed by atoms with E-state index in [9.17, 15) is 4.79 Å². The van der Waals surface area contributed by atoms with Gasteiger partial charge in [0.2, 0.25) is 0 Å². The summed E-state index contributed by atoms with van der Waals surface area (Å²) in [6, 6.07) is 15.8. The summed E-state index contributed by atoms with van der Waals surface area (Å²) in [4.78, 5) is 15.7. The number of nitrogens with one attached hydrogen (secondary N) is 2. The molecule has 0 saturated carbocycles. The Kier molecular flexibility index (Phi) is 4.63. The molecule has 0 bridgehead atoms. The molecule has 1 fully saturated rings. The predicted octanol–water partition coefficient (Wildman–Crippen LogP) is 3.57. The minimum absolute atomic E-state index is 0.0833. The van der Waals surface area contributed by atoms with Gasteiger partial charge in [0.25, 0.3) is 5.91 Å². The average molecular weight is 350 g/mol. The van der Waals surface area contributed by atoms with Crippen molar-refractivity contribution in [2.24, 2.45) is 0 Å². The number of carbonyl (C=O) groups is 1. The first-order valence-electron chi connectivity index (χ1n) is 8.89. The molecule has 134 valence electrons. The van der Waals surface area contributed by atoms with Gasteiger partial charge in [0.05, 0.1) is 13.2 Å². The van der Waals surface area contributed by atoms with Gasteiger partial charge in [0, 0.05) is 29.4 Å². The molecule has 1 saturated heterocycles. The standard InChI is InChI=1S/C21H22N2O3/c1-14-6-7-16(20(10-14)26-17-8-9-25-13-17)12-22-21(24)19-11-15-4-2-3-5-18(15)23-19/h2-7,10-11,17,23H,8-9,12-13H2,1H3,(H,22,24). The van der Waals surface area contributed by atoms with E-state index in [1.54, 1.807) is 0 Å². The minimum atomic E-state index is -0.128. The second kappa shape index (κ2) is 7.22. The van der Waals surface area contributed by atoms with Crippen LogP contribution in [0.1, 0.15) is 28.0 Å². The molecule has 1 atom stereocenters. The number of carbonyl (C=O) groups excluding carboxylic acids is 1. The second-order valence-electron chi connectivity index (χ2n) is 6.67. The second-order valence-corrected chi connectivity index (χ2v) is 6.67. The summed E-state index contributed by atoms with van der Waals surface area (Å²) < 4.78 is 11.5. The number of hydrogen-bond donors (Lipinski definition) is 2. The van der Waals surface area contributed by atoms with Gasteiger partial charge in [-0.1, -0.05) is 30.3 Å². The lowest BCUT2D eigenvalue weighted by Crippen LogP contribution is -2.24. The van der Waals surface area contributed by atoms with Gasteiger partial charge >= 0.3 is 0 Å². The maximum atomic E-state index is 12.5. The van der Waals surface area contributed by atoms with E-state index in [4.69, 9.17) is 9.47 Å². The highest BCUT2D eigenvalue weighted by molar-refractivity contribution is 5.97. The molecule has 0 radical (unpaired) electrons. The third-order valence-corrected chi connectivity index (χ3v) is 4.62. The van der Waals surface area contributed by atoms with Crippen LogP contribution in [0.25, 0.3) is 10.9 Å². The fourth-order valence-corrected chi connectivity index (χ4v) is 3.17. The molecule has 2 heterocycles. The molecule has 1 aromatic heterocycles. The zero-order valence-corrected chi connectivity index (χ0v) is 14.7. The van der Waals surface area contributed by atoms with E-state index >= 15 is 0 Å². The van der Waals surface area contributed by atoms with Gasteiger partial charge in [-0.15, -0.1) is 0 Å². The SMILES string of the molecule is Cc1ccc(CNC(=O)c2cc3ccccc3[nH]2)c(OC2CCOC2)c1. The number of H-pyrrole nitrogens is 1. The van der Waals surface area contributed by atoms with E-state index in [-0.39, 0.29) is 12.0 Å². The van der Waals surface area contributed by atoms with Gasteiger partial charge in [-0.05, 0) is 30.7 Å². The van der Waals surface area contributed by atoms with E-state index in [1.165, 1.54) is 0 Å². The van der Waals surface area contributed by atoms with E-state index < -0.39 is 0 Å². The fourth-order valence-electron chi connectivity index (χ4n) is 3.17. The molecule has 5 heteroatoms. The number of rotatable bonds is 5. The first kappa shape index (κ1) is 16.7. The smallest absolute Gasteiger partial charge is 0.267 e. The topological polar surface area (TPSA) is 63.4 Å². The van der Waals surface area contributed by atoms with Crippen LogP contribution in [0.5, 0.6) is 5.75 Å². The highest BCUT2D eigenvalue weighted by atomic mass is 16.5. The van der Waals surface area contributed by atoms with Gasteiger partial charge in [0.1, 0.15) is 17.5 Å². The largest absolute Gasteiger partial charge is 0.488 e. The van der Waals surface area contributed by atoms with Crippen molar-refractivity contribution in [2.75, 3.05) is 13.2 Å². The summed E-state index contributed by atoms with van der Waals surface area (Å²) in [5.74, 6) is 0.689. The Labute approximate surface area is 152 Å². The Balaban J connectivity index is 1.47. The van der Waals surface area contributed by atoms with Crippen LogP contribution in [0, 0.1) is 6.92 Å². The third-order valence-electron chi connectivity index (χ3n) is 4.62. The van der Waals surface area contributed by atoms with Gasteiger partial charge in [0.15, 0.2) is 0 Å². The van der Waals surface area contributed by atoms with E-state index in [0.29, 0.717) is 18.8 Å². The number of amides is 1. The van der Waals surface area contributed by atoms with E-state index in [0.717, 1.165) is 40.8 Å². The number of aromatic nitrogens is 1. The number of hydrogen-bond acceptors (Lipinski definition) is 3. The zero-order valence-electron chi connectivity index (χ0n) is 14.7. The van der Waals surface area contributed by atoms with Gasteiger partial charge < -0.3 is 19.8 Å². The lowest BCUT2D eigenvalue weighted by atomic mass is 10.1. The van der Waals surface area contributed by atoms with Crippen molar-refractivity contribution in [1.29, 1.82) is 0 Å². The van der Waals surface area contributed by atoms with Crippen LogP contribution in [-0.4, -0.2) is 30.2 Å². The van der Waals surface area contributed by atoms with Crippen LogP contribution in [-0.2, 0) is 11.3 Å². The molecule has 1 aliphatic heterocycles. The molecule has 0 spiro atoms. The first-order valence-corrected chi connectivity index (χ1v) is 8.89. The van der Waals surface area contributed by atoms with Crippen molar-refractivity contribution in [3.63, 3.8) is 0 Å². The minimum Gasteiger partial charge on any atom is -0.488 e. The van der Waals surface area contributed by atoms with Crippen molar-refractivity contribution in [2.45, 2.75) is 26.0 Å². The molecule has 0 aliphatic carbocycles. The fraction of sp³-hybridized carbons (Fsp3) is 0.286. The zero-order chi connectivity index (χ0) is 17.9. The summed E-state index contributed by atoms with van der Waals surface area (Å²) in [6.45, 7) is 3.81. The van der Waals surface area contributed by atoms with Crippen LogP contribution in [0.2, 0.25) is 0 Å². The molecule has 1 amide bonds. The molecule has 26 heavy (non-hydrogen) atoms. The number of para-hydroxylation sites is 1. The highest BCUT2D eigenvalue weighted by Gasteiger charge is 2.19. The average Bonchev–Trinajstić information content (AvgIpc) is 3.30. The molecule has 3 aromatic rings. The summed E-state index contributed by atoms with van der Waals surface area (Å²) in [5, 5.41) is 4.01. The summed E-state index contributed by atoms with van der Waals surface area (Å²) in [7, 11) is 0. The Bertz CT molecular complexity index is 893. The van der Waals surface area contributed by atoms with Gasteiger partial charge in [-0.25, -0.2) is 0 Å². The Morgan fingerprint density at radius 1 is 1.27 bits per heavy atom. The first-order chi connectivity index (χ1) is 12.7. The molecule has 1 aliphatic rings. The van der Waals surface area contributed by atoms with Crippen LogP contribution in [0.4, 0.5) is 0 Å². The van der Waals surface area contributed by atoms with Gasteiger partial charge in [-0.3, -0.25) is 4.79 Å². The predicted molar refractivity (Wildman–Crippen MR) is 100 cm³/mol. The molecular formula is C21H22N2O3.